The number of aliphatic hydroxyl groups excluding tert-OH is 2. The molecular weight excluding hydrogens is 1420 g/mol. The number of para-hydroxylation sites is 4. The maximum Gasteiger partial charge on any atom is 0.336 e. The van der Waals surface area contributed by atoms with Gasteiger partial charge in [-0.1, -0.05) is 42.5 Å². The molecule has 5 aromatic carbocycles. The van der Waals surface area contributed by atoms with Crippen molar-refractivity contribution in [2.24, 2.45) is 0 Å². The third-order valence-corrected chi connectivity index (χ3v) is 19.7. The normalized spacial score (nSPS) is 21.9. The second kappa shape index (κ2) is 36.7. The average Bonchev–Trinajstić information content (AvgIpc) is 0.744. The van der Waals surface area contributed by atoms with E-state index in [0.717, 1.165) is 0 Å². The van der Waals surface area contributed by atoms with Crippen molar-refractivity contribution in [2.45, 2.75) is 44.2 Å². The topological polar surface area (TPSA) is 438 Å². The molecule has 12 bridgehead atoms. The van der Waals surface area contributed by atoms with Crippen molar-refractivity contribution < 1.29 is 83.6 Å². The van der Waals surface area contributed by atoms with E-state index in [1.165, 1.54) is 91.0 Å². The lowest BCUT2D eigenvalue weighted by atomic mass is 9.82. The summed E-state index contributed by atoms with van der Waals surface area (Å²) in [5.74, 6) is -8.36. The van der Waals surface area contributed by atoms with Gasteiger partial charge in [-0.3, -0.25) is 58.0 Å². The maximum absolute atomic E-state index is 14.8. The van der Waals surface area contributed by atoms with Crippen molar-refractivity contribution in [1.29, 1.82) is 0 Å². The van der Waals surface area contributed by atoms with Gasteiger partial charge in [-0.25, -0.2) is 4.79 Å². The quantitative estimate of drug-likeness (QED) is 0.0784. The standard InChI is InChI=1S/C77H88N14O17S/c92-47-17-20-50-61(42-47)108-62-43-48(93)18-21-51(62)63(50)49-19-16-45(41-60(49)76(106)107)87-77(109)85-22-2-1-7-46-44-91-36-29-84-73(103)57-13-5-12-56(66(57)96)70(100)80-25-32-89(33-26-83-74(104)58-14-6-15-59(67(58)97)75(105)86-46)38-37-88-30-23-78-68(98)52-8-3-10-54(64(52)94)71(101)81-27-34-90(39-40-91)35-28-82-72(102)55-11-4-9-53(65(55)95)69(99)79-24-31-88/h3-6,8-17,19-20,41-43,46-47,92-97H,1-2,7,18,21-40,44H2,(H,78,98)(H,79,99)(H,80,100)(H,81,101)(H,82,102)(H,83,104)(H,84,103)(H,86,105)(H,106,107)(H2,85,87,109). The number of nitrogens with zero attached hydrogens (tertiary/aromatic N) is 4. The first kappa shape index (κ1) is 78.4. The number of carboxylic acids is 1. The molecule has 0 fully saturated rings. The molecule has 32 heteroatoms. The number of aromatic carboxylic acids is 1. The van der Waals surface area contributed by atoms with Gasteiger partial charge in [0.25, 0.3) is 47.3 Å². The Morgan fingerprint density at radius 1 is 0.495 bits per heavy atom. The van der Waals surface area contributed by atoms with Gasteiger partial charge < -0.3 is 93.7 Å². The van der Waals surface area contributed by atoms with Crippen molar-refractivity contribution in [1.82, 2.24) is 67.5 Å². The first-order valence-electron chi connectivity index (χ1n) is 36.1. The average molecular weight is 1510 g/mol. The number of unbranched alkanes of at least 4 members (excludes halogenated alkanes) is 1. The van der Waals surface area contributed by atoms with Crippen molar-refractivity contribution in [3.05, 3.63) is 199 Å². The number of phenolic OH excluding ortho intramolecular Hbond substituents is 4. The molecule has 4 unspecified atom stereocenters. The number of aliphatic hydroxyl groups is 2. The summed E-state index contributed by atoms with van der Waals surface area (Å²) in [6, 6.07) is 20.9. The number of carbonyl (C=O) groups excluding carboxylic acids is 8. The van der Waals surface area contributed by atoms with Crippen LogP contribution < -0.4 is 53.2 Å². The van der Waals surface area contributed by atoms with Crippen LogP contribution in [0.3, 0.4) is 0 Å². The lowest BCUT2D eigenvalue weighted by Crippen LogP contribution is -2.49. The highest BCUT2D eigenvalue weighted by molar-refractivity contribution is 7.80. The Labute approximate surface area is 632 Å². The van der Waals surface area contributed by atoms with Gasteiger partial charge in [-0.2, -0.15) is 0 Å². The van der Waals surface area contributed by atoms with E-state index in [9.17, 15) is 78.9 Å². The number of thiocarbonyl (C=S) groups is 1. The number of anilines is 1. The number of nitrogens with one attached hydrogen (secondary N) is 10. The summed E-state index contributed by atoms with van der Waals surface area (Å²) in [6.07, 6.45) is 7.07. The SMILES string of the molecule is O=C(O)c1cc(NC(=S)NCCCCC2CN3CCNC(=O)c4cccc(c4O)C(=O)NCCN(CCNC(=O)c4cccc(c4O)C(=O)N2)CCN2CCNC(=O)c4cccc(c4O)C(=O)NCCN(CCNC(=O)c4cccc(c4O)C(=O)NCC2)CC3)ccc1C1=C2C=CC(O)C=C2OC2=C1CCC(O)=C2. The van der Waals surface area contributed by atoms with E-state index < -0.39 is 88.4 Å². The van der Waals surface area contributed by atoms with E-state index in [1.54, 1.807) is 24.3 Å². The zero-order valence-corrected chi connectivity index (χ0v) is 60.5. The summed E-state index contributed by atoms with van der Waals surface area (Å²) in [4.78, 5) is 134. The Bertz CT molecular complexity index is 4450. The molecule has 8 amide bonds. The van der Waals surface area contributed by atoms with Crippen LogP contribution in [0.1, 0.15) is 131 Å². The molecule has 0 saturated heterocycles. The zero-order chi connectivity index (χ0) is 77.3. The number of carboxylic acid groups (broad SMARTS) is 1. The van der Waals surface area contributed by atoms with Gasteiger partial charge in [0.2, 0.25) is 0 Å². The van der Waals surface area contributed by atoms with Crippen LogP contribution >= 0.6 is 12.2 Å². The van der Waals surface area contributed by atoms with E-state index in [4.69, 9.17) is 17.0 Å². The Morgan fingerprint density at radius 3 is 1.30 bits per heavy atom. The van der Waals surface area contributed by atoms with Crippen LogP contribution in [0.15, 0.2) is 144 Å². The number of benzene rings is 5. The van der Waals surface area contributed by atoms with Crippen LogP contribution in [0.5, 0.6) is 23.0 Å². The Morgan fingerprint density at radius 2 is 0.890 bits per heavy atom. The minimum atomic E-state index is -1.23. The third kappa shape index (κ3) is 19.9. The molecule has 5 heterocycles. The van der Waals surface area contributed by atoms with E-state index in [1.807, 2.05) is 19.6 Å². The predicted molar refractivity (Wildman–Crippen MR) is 405 cm³/mol. The molecule has 7 aliphatic rings. The van der Waals surface area contributed by atoms with E-state index >= 15 is 0 Å². The van der Waals surface area contributed by atoms with Gasteiger partial charge in [0.15, 0.2) is 5.11 Å². The molecular formula is C77H88N14O17S. The van der Waals surface area contributed by atoms with Crippen molar-refractivity contribution in [3.63, 3.8) is 0 Å². The number of ether oxygens (including phenoxy) is 1. The monoisotopic (exact) mass is 1510 g/mol. The van der Waals surface area contributed by atoms with Crippen LogP contribution in [0.4, 0.5) is 5.69 Å². The molecule has 2 aliphatic carbocycles. The molecule has 12 rings (SSSR count). The minimum Gasteiger partial charge on any atom is -0.512 e. The molecule has 574 valence electrons. The van der Waals surface area contributed by atoms with Gasteiger partial charge in [-0.15, -0.1) is 0 Å². The fraction of sp³-hybridized carbons (Fsp3) is 0.351. The highest BCUT2D eigenvalue weighted by atomic mass is 32.1. The first-order chi connectivity index (χ1) is 52.6. The molecule has 5 aliphatic heterocycles. The number of hydrogen-bond donors (Lipinski definition) is 17. The fourth-order valence-corrected chi connectivity index (χ4v) is 13.9. The molecule has 0 saturated carbocycles. The van der Waals surface area contributed by atoms with Crippen molar-refractivity contribution in [2.75, 3.05) is 136 Å². The van der Waals surface area contributed by atoms with Crippen LogP contribution in [-0.4, -0.2) is 257 Å². The summed E-state index contributed by atoms with van der Waals surface area (Å²) in [5.41, 5.74) is 1.02. The van der Waals surface area contributed by atoms with Gasteiger partial charge in [0, 0.05) is 172 Å². The highest BCUT2D eigenvalue weighted by Crippen LogP contribution is 2.46. The first-order valence-corrected chi connectivity index (χ1v) is 36.5. The second-order valence-corrected chi connectivity index (χ2v) is 27.2. The Hall–Kier alpha value is -11.7. The van der Waals surface area contributed by atoms with Crippen LogP contribution in [0, 0.1) is 0 Å². The van der Waals surface area contributed by atoms with Gasteiger partial charge in [-0.05, 0) is 110 Å². The number of aromatic hydroxyl groups is 4. The number of rotatable bonds is 8. The number of fused-ring (bicyclic) bond motifs is 17. The second-order valence-electron chi connectivity index (χ2n) is 26.8. The summed E-state index contributed by atoms with van der Waals surface area (Å²) < 4.78 is 6.10. The molecule has 31 nitrogen and oxygen atoms in total. The Balaban J connectivity index is 0.900. The number of phenols is 4. The third-order valence-electron chi connectivity index (χ3n) is 19.5. The molecule has 5 aromatic rings. The largest absolute Gasteiger partial charge is 0.512 e. The van der Waals surface area contributed by atoms with E-state index in [2.05, 4.69) is 53.2 Å². The van der Waals surface area contributed by atoms with E-state index in [-0.39, 0.29) is 198 Å². The minimum absolute atomic E-state index is 0.00858. The smallest absolute Gasteiger partial charge is 0.336 e. The van der Waals surface area contributed by atoms with Crippen LogP contribution in [0.25, 0.3) is 5.57 Å². The number of amides is 8. The van der Waals surface area contributed by atoms with Crippen LogP contribution in [0.2, 0.25) is 0 Å². The molecule has 109 heavy (non-hydrogen) atoms. The summed E-state index contributed by atoms with van der Waals surface area (Å²) in [5, 5.41) is 107. The molecule has 17 N–H and O–H groups in total. The highest BCUT2D eigenvalue weighted by Gasteiger charge is 2.34. The summed E-state index contributed by atoms with van der Waals surface area (Å²) >= 11 is 5.74. The molecule has 0 radical (unpaired) electrons. The fourth-order valence-electron chi connectivity index (χ4n) is 13.6. The zero-order valence-electron chi connectivity index (χ0n) is 59.7. The number of hydrogen-bond acceptors (Lipinski definition) is 21. The lowest BCUT2D eigenvalue weighted by Gasteiger charge is -2.31. The lowest BCUT2D eigenvalue weighted by molar-refractivity contribution is 0.0694. The van der Waals surface area contributed by atoms with Crippen molar-refractivity contribution >= 4 is 81.8 Å². The number of allylic oxidation sites excluding steroid dienone is 5. The van der Waals surface area contributed by atoms with Crippen molar-refractivity contribution in [3.8, 4) is 23.0 Å². The molecule has 4 atom stereocenters. The molecule has 0 aromatic heterocycles. The van der Waals surface area contributed by atoms with Gasteiger partial charge in [0.1, 0.15) is 34.5 Å². The summed E-state index contributed by atoms with van der Waals surface area (Å²) in [7, 11) is 0. The van der Waals surface area contributed by atoms with Crippen LogP contribution in [-0.2, 0) is 4.74 Å². The number of carbonyl (C=O) groups is 9. The van der Waals surface area contributed by atoms with Gasteiger partial charge >= 0.3 is 5.97 Å². The predicted octanol–water partition coefficient (Wildman–Crippen LogP) is 3.01. The molecule has 0 spiro atoms. The maximum atomic E-state index is 14.8. The van der Waals surface area contributed by atoms with Gasteiger partial charge in [0.05, 0.1) is 61.9 Å². The summed E-state index contributed by atoms with van der Waals surface area (Å²) in [6.45, 7) is 1.66. The van der Waals surface area contributed by atoms with E-state index in [0.29, 0.717) is 65.2 Å². The Kier molecular flexibility index (Phi) is 26.4.